The van der Waals surface area contributed by atoms with Crippen LogP contribution in [0.1, 0.15) is 34.6 Å². The van der Waals surface area contributed by atoms with Crippen molar-refractivity contribution in [1.29, 1.82) is 0 Å². The largest absolute Gasteiger partial charge is 0.494 e. The molecule has 0 aliphatic carbocycles. The van der Waals surface area contributed by atoms with Crippen LogP contribution in [0.2, 0.25) is 0 Å². The van der Waals surface area contributed by atoms with Gasteiger partial charge in [-0.25, -0.2) is 4.79 Å². The second-order valence-corrected chi connectivity index (χ2v) is 5.18. The van der Waals surface area contributed by atoms with E-state index in [2.05, 4.69) is 5.32 Å². The number of carbonyl (C=O) groups excluding carboxylic acids is 3. The van der Waals surface area contributed by atoms with Gasteiger partial charge < -0.3 is 14.8 Å². The van der Waals surface area contributed by atoms with Gasteiger partial charge in [0, 0.05) is 5.56 Å². The van der Waals surface area contributed by atoms with Crippen LogP contribution in [0.5, 0.6) is 5.75 Å². The summed E-state index contributed by atoms with van der Waals surface area (Å²) >= 11 is 0. The van der Waals surface area contributed by atoms with Crippen molar-refractivity contribution in [2.45, 2.75) is 13.8 Å². The fourth-order valence-corrected chi connectivity index (χ4v) is 2.15. The van der Waals surface area contributed by atoms with E-state index in [0.717, 1.165) is 0 Å². The molecule has 0 spiro atoms. The summed E-state index contributed by atoms with van der Waals surface area (Å²) in [5, 5.41) is 2.57. The number of anilines is 1. The van der Waals surface area contributed by atoms with Gasteiger partial charge in [0.15, 0.2) is 12.4 Å². The predicted molar refractivity (Wildman–Crippen MR) is 93.0 cm³/mol. The number of para-hydroxylation sites is 1. The zero-order valence-corrected chi connectivity index (χ0v) is 14.1. The highest BCUT2D eigenvalue weighted by Crippen LogP contribution is 2.16. The maximum Gasteiger partial charge on any atom is 0.338 e. The average Bonchev–Trinajstić information content (AvgIpc) is 2.61. The van der Waals surface area contributed by atoms with E-state index in [9.17, 15) is 14.4 Å². The number of Topliss-reactive ketones (excluding diaryl/α,β-unsaturated/α-hetero) is 1. The maximum atomic E-state index is 11.9. The molecule has 130 valence electrons. The van der Waals surface area contributed by atoms with Gasteiger partial charge in [0.1, 0.15) is 5.75 Å². The van der Waals surface area contributed by atoms with E-state index in [1.54, 1.807) is 48.5 Å². The van der Waals surface area contributed by atoms with Crippen LogP contribution in [0.15, 0.2) is 48.5 Å². The van der Waals surface area contributed by atoms with E-state index in [-0.39, 0.29) is 5.78 Å². The number of rotatable bonds is 7. The number of hydrogen-bond donors (Lipinski definition) is 1. The first-order chi connectivity index (χ1) is 12.0. The van der Waals surface area contributed by atoms with Crippen molar-refractivity contribution in [3.05, 3.63) is 59.7 Å². The number of ether oxygens (including phenoxy) is 2. The number of carbonyl (C=O) groups is 3. The molecule has 2 rings (SSSR count). The third-order valence-electron chi connectivity index (χ3n) is 3.32. The first-order valence-corrected chi connectivity index (χ1v) is 7.81. The topological polar surface area (TPSA) is 81.7 Å². The van der Waals surface area contributed by atoms with Gasteiger partial charge in [0.05, 0.1) is 17.9 Å². The Morgan fingerprint density at radius 1 is 1.00 bits per heavy atom. The summed E-state index contributed by atoms with van der Waals surface area (Å²) in [5.74, 6) is -0.647. The van der Waals surface area contributed by atoms with Crippen molar-refractivity contribution in [1.82, 2.24) is 0 Å². The fourth-order valence-electron chi connectivity index (χ4n) is 2.15. The Bertz CT molecular complexity index is 768. The minimum atomic E-state index is -0.613. The Morgan fingerprint density at radius 3 is 2.32 bits per heavy atom. The molecule has 1 N–H and O–H groups in total. The lowest BCUT2D eigenvalue weighted by molar-refractivity contribution is -0.119. The molecule has 2 aromatic rings. The molecular weight excluding hydrogens is 322 g/mol. The van der Waals surface area contributed by atoms with Gasteiger partial charge in [-0.2, -0.15) is 0 Å². The Kier molecular flexibility index (Phi) is 6.28. The molecule has 2 aromatic carbocycles. The third-order valence-corrected chi connectivity index (χ3v) is 3.32. The summed E-state index contributed by atoms with van der Waals surface area (Å²) in [6.07, 6.45) is 0. The van der Waals surface area contributed by atoms with Crippen LogP contribution < -0.4 is 10.1 Å². The zero-order chi connectivity index (χ0) is 18.2. The third kappa shape index (κ3) is 5.17. The van der Waals surface area contributed by atoms with Gasteiger partial charge in [-0.15, -0.1) is 0 Å². The van der Waals surface area contributed by atoms with Crippen molar-refractivity contribution in [3.8, 4) is 5.75 Å². The smallest absolute Gasteiger partial charge is 0.338 e. The second kappa shape index (κ2) is 8.63. The molecular formula is C19H19NO5. The van der Waals surface area contributed by atoms with Crippen LogP contribution in [0, 0.1) is 0 Å². The van der Waals surface area contributed by atoms with E-state index in [1.165, 1.54) is 6.92 Å². The molecule has 0 atom stereocenters. The molecule has 0 aliphatic heterocycles. The molecule has 0 bridgehead atoms. The number of amides is 1. The van der Waals surface area contributed by atoms with Crippen LogP contribution >= 0.6 is 0 Å². The van der Waals surface area contributed by atoms with Gasteiger partial charge in [0.2, 0.25) is 0 Å². The molecule has 0 saturated carbocycles. The van der Waals surface area contributed by atoms with Crippen LogP contribution in [-0.4, -0.2) is 30.9 Å². The molecule has 0 aromatic heterocycles. The lowest BCUT2D eigenvalue weighted by atomic mass is 10.1. The van der Waals surface area contributed by atoms with Crippen molar-refractivity contribution >= 4 is 23.3 Å². The molecule has 0 fully saturated rings. The number of benzene rings is 2. The average molecular weight is 341 g/mol. The predicted octanol–water partition coefficient (Wildman–Crippen LogP) is 3.08. The zero-order valence-electron chi connectivity index (χ0n) is 14.1. The first kappa shape index (κ1) is 18.2. The summed E-state index contributed by atoms with van der Waals surface area (Å²) in [4.78, 5) is 35.4. The molecule has 0 saturated heterocycles. The van der Waals surface area contributed by atoms with Crippen molar-refractivity contribution in [2.75, 3.05) is 18.5 Å². The minimum absolute atomic E-state index is 0.165. The van der Waals surface area contributed by atoms with E-state index in [4.69, 9.17) is 9.47 Å². The number of ketones is 1. The molecule has 0 heterocycles. The van der Waals surface area contributed by atoms with Crippen LogP contribution in [0.25, 0.3) is 0 Å². The van der Waals surface area contributed by atoms with Crippen LogP contribution in [-0.2, 0) is 9.53 Å². The molecule has 1 amide bonds. The van der Waals surface area contributed by atoms with E-state index >= 15 is 0 Å². The van der Waals surface area contributed by atoms with Crippen molar-refractivity contribution in [2.24, 2.45) is 0 Å². The second-order valence-electron chi connectivity index (χ2n) is 5.18. The van der Waals surface area contributed by atoms with Crippen molar-refractivity contribution in [3.63, 3.8) is 0 Å². The lowest BCUT2D eigenvalue weighted by Gasteiger charge is -2.09. The highest BCUT2D eigenvalue weighted by Gasteiger charge is 2.13. The summed E-state index contributed by atoms with van der Waals surface area (Å²) in [5.41, 5.74) is 1.10. The van der Waals surface area contributed by atoms with Gasteiger partial charge >= 0.3 is 5.97 Å². The van der Waals surface area contributed by atoms with Gasteiger partial charge in [-0.3, -0.25) is 9.59 Å². The number of hydrogen-bond acceptors (Lipinski definition) is 5. The van der Waals surface area contributed by atoms with Gasteiger partial charge in [-0.1, -0.05) is 12.1 Å². The highest BCUT2D eigenvalue weighted by molar-refractivity contribution is 6.04. The molecule has 0 radical (unpaired) electrons. The quantitative estimate of drug-likeness (QED) is 0.618. The standard InChI is InChI=1S/C19H19NO5/c1-3-24-15-10-8-14(9-11-15)19(23)25-12-18(22)20-17-7-5-4-6-16(17)13(2)21/h4-11H,3,12H2,1-2H3,(H,20,22). The van der Waals surface area contributed by atoms with Crippen LogP contribution in [0.4, 0.5) is 5.69 Å². The molecule has 6 nitrogen and oxygen atoms in total. The SMILES string of the molecule is CCOc1ccc(C(=O)OCC(=O)Nc2ccccc2C(C)=O)cc1. The van der Waals surface area contributed by atoms with Crippen molar-refractivity contribution < 1.29 is 23.9 Å². The van der Waals surface area contributed by atoms with E-state index < -0.39 is 18.5 Å². The molecule has 6 heteroatoms. The van der Waals surface area contributed by atoms with Crippen LogP contribution in [0.3, 0.4) is 0 Å². The molecule has 0 aliphatic rings. The minimum Gasteiger partial charge on any atom is -0.494 e. The molecule has 25 heavy (non-hydrogen) atoms. The Hall–Kier alpha value is -3.15. The summed E-state index contributed by atoms with van der Waals surface area (Å²) < 4.78 is 10.3. The fraction of sp³-hybridized carbons (Fsp3) is 0.211. The monoisotopic (exact) mass is 341 g/mol. The number of nitrogens with one attached hydrogen (secondary N) is 1. The highest BCUT2D eigenvalue weighted by atomic mass is 16.5. The van der Waals surface area contributed by atoms with E-state index in [1.807, 2.05) is 6.92 Å². The summed E-state index contributed by atoms with van der Waals surface area (Å²) in [7, 11) is 0. The van der Waals surface area contributed by atoms with E-state index in [0.29, 0.717) is 29.2 Å². The molecule has 0 unspecified atom stereocenters. The summed E-state index contributed by atoms with van der Waals surface area (Å²) in [6.45, 7) is 3.37. The van der Waals surface area contributed by atoms with Gasteiger partial charge in [-0.05, 0) is 50.2 Å². The number of esters is 1. The Morgan fingerprint density at radius 2 is 1.68 bits per heavy atom. The Balaban J connectivity index is 1.91. The maximum absolute atomic E-state index is 11.9. The Labute approximate surface area is 145 Å². The normalized spacial score (nSPS) is 10.0. The summed E-state index contributed by atoms with van der Waals surface area (Å²) in [6, 6.07) is 13.1. The lowest BCUT2D eigenvalue weighted by Crippen LogP contribution is -2.22. The van der Waals surface area contributed by atoms with Gasteiger partial charge in [0.25, 0.3) is 5.91 Å². The first-order valence-electron chi connectivity index (χ1n) is 7.81.